The van der Waals surface area contributed by atoms with Crippen molar-refractivity contribution >= 4 is 38.2 Å². The maximum Gasteiger partial charge on any atom is 0.341 e. The Hall–Kier alpha value is -3.61. The van der Waals surface area contributed by atoms with Gasteiger partial charge in [-0.15, -0.1) is 0 Å². The second-order valence-electron chi connectivity index (χ2n) is 8.35. The zero-order valence-electron chi connectivity index (χ0n) is 20.6. The minimum atomic E-state index is -4.24. The summed E-state index contributed by atoms with van der Waals surface area (Å²) in [5.74, 6) is -0.391. The number of carboxylic acid groups (broad SMARTS) is 1. The molecule has 0 aliphatic rings. The van der Waals surface area contributed by atoms with Gasteiger partial charge in [0.25, 0.3) is 10.0 Å². The Kier molecular flexibility index (Phi) is 7.44. The fraction of sp³-hybridized carbons (Fsp3) is 0.240. The van der Waals surface area contributed by atoms with Gasteiger partial charge in [-0.3, -0.25) is 4.98 Å². The highest BCUT2D eigenvalue weighted by Gasteiger charge is 2.32. The molecule has 0 saturated carbocycles. The number of hydrogen-bond donors (Lipinski definition) is 1. The summed E-state index contributed by atoms with van der Waals surface area (Å²) in [5, 5.41) is 8.65. The number of rotatable bonds is 9. The lowest BCUT2D eigenvalue weighted by Gasteiger charge is -2.15. The zero-order chi connectivity index (χ0) is 26.9. The van der Waals surface area contributed by atoms with Gasteiger partial charge in [-0.1, -0.05) is 6.07 Å². The quantitative estimate of drug-likeness (QED) is 0.314. The molecular weight excluding hydrogens is 518 g/mol. The van der Waals surface area contributed by atoms with Crippen LogP contribution in [0.25, 0.3) is 11.0 Å². The number of hydrogen-bond acceptors (Lipinski definition) is 8. The van der Waals surface area contributed by atoms with E-state index in [1.54, 1.807) is 31.5 Å². The number of fused-ring (bicyclic) bond motifs is 1. The van der Waals surface area contributed by atoms with Crippen molar-refractivity contribution in [2.24, 2.45) is 0 Å². The number of methoxy groups -OCH3 is 1. The van der Waals surface area contributed by atoms with E-state index in [9.17, 15) is 17.8 Å². The van der Waals surface area contributed by atoms with Crippen molar-refractivity contribution in [2.75, 3.05) is 13.7 Å². The minimum Gasteiger partial charge on any atom is -0.609 e. The molecule has 12 heteroatoms. The van der Waals surface area contributed by atoms with E-state index >= 15 is 0 Å². The van der Waals surface area contributed by atoms with E-state index in [2.05, 4.69) is 9.97 Å². The van der Waals surface area contributed by atoms with Gasteiger partial charge in [-0.2, -0.15) is 8.96 Å². The van der Waals surface area contributed by atoms with Gasteiger partial charge >= 0.3 is 11.1 Å². The first-order chi connectivity index (χ1) is 17.5. The van der Waals surface area contributed by atoms with Crippen molar-refractivity contribution in [3.8, 4) is 11.5 Å². The van der Waals surface area contributed by atoms with E-state index in [1.165, 1.54) is 24.3 Å². The summed E-state index contributed by atoms with van der Waals surface area (Å²) in [4.78, 5) is 19.5. The molecule has 1 unspecified atom stereocenters. The van der Waals surface area contributed by atoms with E-state index in [1.807, 2.05) is 20.8 Å². The van der Waals surface area contributed by atoms with Crippen LogP contribution in [0, 0.1) is 20.8 Å². The molecule has 0 aliphatic heterocycles. The Morgan fingerprint density at radius 3 is 2.49 bits per heavy atom. The molecule has 2 heterocycles. The average molecular weight is 544 g/mol. The number of nitrogens with zero attached hydrogens (tertiary/aromatic N) is 3. The van der Waals surface area contributed by atoms with Gasteiger partial charge < -0.3 is 19.1 Å². The fourth-order valence-electron chi connectivity index (χ4n) is 3.89. The molecule has 4 aromatic rings. The van der Waals surface area contributed by atoms with Gasteiger partial charge in [0.1, 0.15) is 11.5 Å². The van der Waals surface area contributed by atoms with Crippen LogP contribution in [0.4, 0.5) is 0 Å². The van der Waals surface area contributed by atoms with Gasteiger partial charge in [0, 0.05) is 28.5 Å². The average Bonchev–Trinajstić information content (AvgIpc) is 3.24. The molecule has 4 rings (SSSR count). The van der Waals surface area contributed by atoms with Crippen LogP contribution in [0.2, 0.25) is 0 Å². The molecule has 2 aromatic carbocycles. The first-order valence-electron chi connectivity index (χ1n) is 11.1. The third kappa shape index (κ3) is 5.26. The molecule has 10 nitrogen and oxygen atoms in total. The van der Waals surface area contributed by atoms with Gasteiger partial charge in [0.05, 0.1) is 28.7 Å². The van der Waals surface area contributed by atoms with Crippen molar-refractivity contribution in [1.82, 2.24) is 13.9 Å². The summed E-state index contributed by atoms with van der Waals surface area (Å²) in [6, 6.07) is 10.4. The normalized spacial score (nSPS) is 12.5. The van der Waals surface area contributed by atoms with E-state index in [-0.39, 0.29) is 27.1 Å². The summed E-state index contributed by atoms with van der Waals surface area (Å²) >= 11 is -1.88. The third-order valence-electron chi connectivity index (χ3n) is 5.69. The predicted octanol–water partition coefficient (Wildman–Crippen LogP) is 3.37. The lowest BCUT2D eigenvalue weighted by Crippen LogP contribution is -2.21. The van der Waals surface area contributed by atoms with Crippen LogP contribution in [0.3, 0.4) is 0 Å². The van der Waals surface area contributed by atoms with Gasteiger partial charge in [-0.05, 0) is 62.7 Å². The van der Waals surface area contributed by atoms with Crippen LogP contribution in [0.5, 0.6) is 11.5 Å². The van der Waals surface area contributed by atoms with Crippen LogP contribution in [0.1, 0.15) is 22.4 Å². The van der Waals surface area contributed by atoms with E-state index in [0.29, 0.717) is 22.5 Å². The highest BCUT2D eigenvalue weighted by Crippen LogP contribution is 2.31. The smallest absolute Gasteiger partial charge is 0.341 e. The lowest BCUT2D eigenvalue weighted by atomic mass is 10.1. The number of ether oxygens (including phenoxy) is 2. The van der Waals surface area contributed by atoms with E-state index in [4.69, 9.17) is 14.6 Å². The zero-order valence-corrected chi connectivity index (χ0v) is 22.2. The van der Waals surface area contributed by atoms with Gasteiger partial charge in [-0.25, -0.2) is 13.2 Å². The number of imidazole rings is 1. The summed E-state index contributed by atoms with van der Waals surface area (Å²) < 4.78 is 52.7. The largest absolute Gasteiger partial charge is 0.609 e. The molecule has 194 valence electrons. The van der Waals surface area contributed by atoms with Crippen LogP contribution in [0.15, 0.2) is 58.7 Å². The molecule has 0 fully saturated rings. The van der Waals surface area contributed by atoms with Crippen LogP contribution < -0.4 is 9.47 Å². The molecule has 0 saturated heterocycles. The van der Waals surface area contributed by atoms with Crippen molar-refractivity contribution in [2.45, 2.75) is 36.6 Å². The van der Waals surface area contributed by atoms with E-state index < -0.39 is 33.8 Å². The van der Waals surface area contributed by atoms with Gasteiger partial charge in [0.2, 0.25) is 0 Å². The predicted molar refractivity (Wildman–Crippen MR) is 137 cm³/mol. The summed E-state index contributed by atoms with van der Waals surface area (Å²) in [6.45, 7) is 4.96. The standard InChI is InChI=1S/C25H25N3O7S2/c1-15-5-10-22-20(11-15)27-25(36(31)14-21-17(3)24(34-4)16(2)12-26-21)28(22)37(32,33)19-8-6-18(7-9-19)35-13-23(29)30/h5-12H,13-14H2,1-4H3,(H,29,30). The maximum absolute atomic E-state index is 13.8. The molecule has 0 spiro atoms. The SMILES string of the molecule is COc1c(C)cnc(C[S+]([O-])c2nc3cc(C)ccc3n2S(=O)(=O)c2ccc(OCC(=O)O)cc2)c1C. The maximum atomic E-state index is 13.8. The molecule has 2 aromatic heterocycles. The molecule has 0 aliphatic carbocycles. The Labute approximate surface area is 217 Å². The topological polar surface area (TPSA) is 144 Å². The number of carboxylic acids is 1. The third-order valence-corrected chi connectivity index (χ3v) is 8.74. The number of carbonyl (C=O) groups is 1. The first kappa shape index (κ1) is 26.5. The van der Waals surface area contributed by atoms with Crippen molar-refractivity contribution in [3.63, 3.8) is 0 Å². The van der Waals surface area contributed by atoms with Crippen molar-refractivity contribution in [3.05, 3.63) is 71.0 Å². The Bertz CT molecular complexity index is 1580. The molecule has 1 N–H and O–H groups in total. The first-order valence-corrected chi connectivity index (χ1v) is 13.9. The molecular formula is C25H25N3O7S2. The van der Waals surface area contributed by atoms with Crippen molar-refractivity contribution < 1.29 is 32.3 Å². The highest BCUT2D eigenvalue weighted by atomic mass is 32.2. The molecule has 1 atom stereocenters. The molecule has 0 bridgehead atoms. The van der Waals surface area contributed by atoms with Crippen LogP contribution in [-0.4, -0.2) is 51.7 Å². The Morgan fingerprint density at radius 1 is 1.14 bits per heavy atom. The summed E-state index contributed by atoms with van der Waals surface area (Å²) in [7, 11) is -2.69. The second-order valence-corrected chi connectivity index (χ2v) is 11.5. The number of benzene rings is 2. The van der Waals surface area contributed by atoms with Crippen molar-refractivity contribution in [1.29, 1.82) is 0 Å². The second kappa shape index (κ2) is 10.4. The molecule has 37 heavy (non-hydrogen) atoms. The van der Waals surface area contributed by atoms with Crippen LogP contribution >= 0.6 is 0 Å². The minimum absolute atomic E-state index is 0.0672. The highest BCUT2D eigenvalue weighted by molar-refractivity contribution is 7.93. The van der Waals surface area contributed by atoms with E-state index in [0.717, 1.165) is 15.1 Å². The molecule has 0 amide bonds. The number of aryl methyl sites for hydroxylation is 2. The Balaban J connectivity index is 1.79. The summed E-state index contributed by atoms with van der Waals surface area (Å²) in [5.41, 5.74) is 3.59. The van der Waals surface area contributed by atoms with Gasteiger partial charge in [0.15, 0.2) is 12.4 Å². The number of aliphatic carboxylic acids is 1. The number of pyridine rings is 1. The summed E-state index contributed by atoms with van der Waals surface area (Å²) in [6.07, 6.45) is 1.62. The Morgan fingerprint density at radius 2 is 1.84 bits per heavy atom. The number of aromatic nitrogens is 3. The lowest BCUT2D eigenvalue weighted by molar-refractivity contribution is -0.139. The monoisotopic (exact) mass is 543 g/mol. The fourth-order valence-corrected chi connectivity index (χ4v) is 6.93. The van der Waals surface area contributed by atoms with Crippen LogP contribution in [-0.2, 0) is 31.7 Å². The molecule has 0 radical (unpaired) electrons.